The summed E-state index contributed by atoms with van der Waals surface area (Å²) in [5, 5.41) is 13.5. The summed E-state index contributed by atoms with van der Waals surface area (Å²) < 4.78 is 32.0. The van der Waals surface area contributed by atoms with Gasteiger partial charge in [0, 0.05) is 18.2 Å². The second-order valence-electron chi connectivity index (χ2n) is 3.25. The Morgan fingerprint density at radius 2 is 2.33 bits per heavy atom. The molecule has 0 spiro atoms. The maximum Gasteiger partial charge on any atom is 1.00 e. The van der Waals surface area contributed by atoms with Crippen LogP contribution >= 0.6 is 0 Å². The van der Waals surface area contributed by atoms with Crippen molar-refractivity contribution in [2.24, 2.45) is 0 Å². The van der Waals surface area contributed by atoms with Crippen molar-refractivity contribution in [3.05, 3.63) is 40.3 Å². The molecule has 0 aliphatic carbocycles. The Kier molecular flexibility index (Phi) is 2.70. The molecule has 0 bridgehead atoms. The molecule has 0 N–H and O–H groups in total. The van der Waals surface area contributed by atoms with Crippen LogP contribution in [0.15, 0.2) is 29.2 Å². The maximum atomic E-state index is 12.5. The Morgan fingerprint density at radius 1 is 1.50 bits per heavy atom. The quantitative estimate of drug-likeness (QED) is 0.433. The van der Waals surface area contributed by atoms with E-state index in [2.05, 4.69) is 25.6 Å². The molecule has 3 aromatic heterocycles. The minimum absolute atomic E-state index is 0. The molecule has 0 radical (unpaired) electrons. The zero-order valence-electron chi connectivity index (χ0n) is 13.6. The number of hydrogen-bond acceptors (Lipinski definition) is 5. The molecule has 0 aliphatic heterocycles. The largest absolute Gasteiger partial charge is 1.00 e. The van der Waals surface area contributed by atoms with E-state index < -0.39 is 23.9 Å². The standard InChI is InChI=1S/C10H7N6O.K/c1-6-3-2-4-16-9(6)11-5-7(10(16)17)8-12-14-15-13-8;/h2-5H,1H3;/q-1;+1/i2D,3D,4D,5D;. The first kappa shape index (κ1) is 9.05. The molecule has 3 heterocycles. The molecule has 84 valence electrons. The second-order valence-corrected chi connectivity index (χ2v) is 3.25. The molecule has 0 aliphatic rings. The molecule has 3 rings (SSSR count). The van der Waals surface area contributed by atoms with E-state index in [4.69, 9.17) is 5.48 Å². The summed E-state index contributed by atoms with van der Waals surface area (Å²) in [5.74, 6) is -0.162. The molecule has 8 heteroatoms. The van der Waals surface area contributed by atoms with Crippen LogP contribution in [0.2, 0.25) is 0 Å². The van der Waals surface area contributed by atoms with Crippen LogP contribution in [-0.2, 0) is 0 Å². The number of hydrogen-bond donors (Lipinski definition) is 0. The Balaban J connectivity index is 0.00000176. The molecule has 0 aromatic carbocycles. The average Bonchev–Trinajstić information content (AvgIpc) is 2.96. The number of rotatable bonds is 1. The Morgan fingerprint density at radius 3 is 3.06 bits per heavy atom. The van der Waals surface area contributed by atoms with Crippen molar-refractivity contribution in [3.8, 4) is 11.4 Å². The molecule has 0 atom stereocenters. The SMILES string of the molecule is [2H]c1nc2c(C)c([2H])c([2H])c([2H])n2c(=O)c1-c1nnn[n-]1.[K+]. The molecule has 0 saturated carbocycles. The fourth-order valence-electron chi connectivity index (χ4n) is 1.39. The predicted octanol–water partition coefficient (Wildman–Crippen LogP) is -3.18. The average molecular weight is 270 g/mol. The minimum atomic E-state index is -0.763. The topological polar surface area (TPSA) is 87.1 Å². The van der Waals surface area contributed by atoms with E-state index in [0.29, 0.717) is 0 Å². The van der Waals surface area contributed by atoms with Crippen LogP contribution in [0.3, 0.4) is 0 Å². The van der Waals surface area contributed by atoms with Crippen LogP contribution in [0.4, 0.5) is 0 Å². The first-order valence-corrected chi connectivity index (χ1v) is 4.62. The van der Waals surface area contributed by atoms with Gasteiger partial charge in [0.15, 0.2) is 0 Å². The summed E-state index contributed by atoms with van der Waals surface area (Å²) in [6.07, 6.45) is -0.874. The summed E-state index contributed by atoms with van der Waals surface area (Å²) in [4.78, 5) is 16.4. The fourth-order valence-corrected chi connectivity index (χ4v) is 1.39. The van der Waals surface area contributed by atoms with Gasteiger partial charge in [0.25, 0.3) is 5.56 Å². The first-order chi connectivity index (χ1) is 9.93. The Hall–Kier alpha value is -0.934. The van der Waals surface area contributed by atoms with Crippen LogP contribution in [0.25, 0.3) is 17.0 Å². The van der Waals surface area contributed by atoms with E-state index in [0.717, 1.165) is 4.40 Å². The van der Waals surface area contributed by atoms with E-state index in [1.807, 2.05) is 0 Å². The van der Waals surface area contributed by atoms with E-state index in [1.165, 1.54) is 6.92 Å². The zero-order valence-corrected chi connectivity index (χ0v) is 12.7. The van der Waals surface area contributed by atoms with Gasteiger partial charge in [-0.2, -0.15) is 5.21 Å². The van der Waals surface area contributed by atoms with E-state index in [-0.39, 0.29) is 80.0 Å². The van der Waals surface area contributed by atoms with Crippen molar-refractivity contribution in [2.45, 2.75) is 6.92 Å². The number of tetrazole rings is 1. The molecule has 18 heavy (non-hydrogen) atoms. The van der Waals surface area contributed by atoms with Gasteiger partial charge in [-0.25, -0.2) is 4.98 Å². The van der Waals surface area contributed by atoms with Crippen molar-refractivity contribution in [2.75, 3.05) is 0 Å². The monoisotopic (exact) mass is 270 g/mol. The summed E-state index contributed by atoms with van der Waals surface area (Å²) in [5.41, 5.74) is -0.774. The van der Waals surface area contributed by atoms with E-state index >= 15 is 0 Å². The molecule has 0 fully saturated rings. The second kappa shape index (κ2) is 5.37. The zero-order chi connectivity index (χ0) is 15.3. The Labute approximate surface area is 150 Å². The Bertz CT molecular complexity index is 926. The molecular weight excluding hydrogens is 259 g/mol. The number of fused-ring (bicyclic) bond motifs is 1. The number of pyridine rings is 1. The smallest absolute Gasteiger partial charge is 0.330 e. The van der Waals surface area contributed by atoms with Crippen molar-refractivity contribution in [1.29, 1.82) is 0 Å². The number of aryl methyl sites for hydroxylation is 1. The van der Waals surface area contributed by atoms with Gasteiger partial charge in [-0.15, -0.1) is 0 Å². The van der Waals surface area contributed by atoms with Crippen LogP contribution in [-0.4, -0.2) is 24.9 Å². The minimum Gasteiger partial charge on any atom is -0.330 e. The van der Waals surface area contributed by atoms with Gasteiger partial charge < -0.3 is 5.10 Å². The summed E-state index contributed by atoms with van der Waals surface area (Å²) in [6.45, 7) is 1.50. The van der Waals surface area contributed by atoms with Crippen molar-refractivity contribution < 1.29 is 56.9 Å². The molecule has 3 aromatic rings. The van der Waals surface area contributed by atoms with Gasteiger partial charge >= 0.3 is 51.4 Å². The van der Waals surface area contributed by atoms with Crippen LogP contribution in [0, 0.1) is 6.92 Å². The normalized spacial score (nSPS) is 13.4. The summed E-state index contributed by atoms with van der Waals surface area (Å²) in [6, 6.07) is -0.598. The van der Waals surface area contributed by atoms with Crippen molar-refractivity contribution >= 4 is 5.65 Å². The predicted molar refractivity (Wildman–Crippen MR) is 58.3 cm³/mol. The van der Waals surface area contributed by atoms with Gasteiger partial charge in [-0.1, -0.05) is 6.04 Å². The van der Waals surface area contributed by atoms with Crippen LogP contribution in [0.1, 0.15) is 11.0 Å². The molecular formula is C10H7KN6O. The van der Waals surface area contributed by atoms with Gasteiger partial charge in [-0.3, -0.25) is 19.5 Å². The third-order valence-corrected chi connectivity index (χ3v) is 2.20. The third-order valence-electron chi connectivity index (χ3n) is 2.20. The van der Waals surface area contributed by atoms with Gasteiger partial charge in [0.05, 0.1) is 11.0 Å². The molecule has 0 unspecified atom stereocenters. The first-order valence-electron chi connectivity index (χ1n) is 6.62. The van der Waals surface area contributed by atoms with Crippen LogP contribution < -0.4 is 62.0 Å². The van der Waals surface area contributed by atoms with Crippen molar-refractivity contribution in [1.82, 2.24) is 30.0 Å². The molecule has 0 saturated heterocycles. The van der Waals surface area contributed by atoms with Gasteiger partial charge in [0.2, 0.25) is 0 Å². The number of nitrogens with zero attached hydrogens (tertiary/aromatic N) is 6. The van der Waals surface area contributed by atoms with Gasteiger partial charge in [-0.05, 0) is 18.5 Å². The van der Waals surface area contributed by atoms with E-state index in [9.17, 15) is 4.79 Å². The van der Waals surface area contributed by atoms with Crippen LogP contribution in [0.5, 0.6) is 0 Å². The van der Waals surface area contributed by atoms with Crippen molar-refractivity contribution in [3.63, 3.8) is 0 Å². The molecule has 0 amide bonds. The summed E-state index contributed by atoms with van der Waals surface area (Å²) >= 11 is 0. The van der Waals surface area contributed by atoms with E-state index in [1.54, 1.807) is 0 Å². The number of aromatic nitrogens is 6. The maximum absolute atomic E-state index is 12.5. The van der Waals surface area contributed by atoms with Gasteiger partial charge in [0.1, 0.15) is 5.65 Å². The molecule has 7 nitrogen and oxygen atoms in total. The third kappa shape index (κ3) is 2.17. The fraction of sp³-hybridized carbons (Fsp3) is 0.100. The summed E-state index contributed by atoms with van der Waals surface area (Å²) in [7, 11) is 0.